The van der Waals surface area contributed by atoms with Crippen molar-refractivity contribution in [1.82, 2.24) is 9.97 Å². The van der Waals surface area contributed by atoms with Crippen LogP contribution in [0.1, 0.15) is 38.4 Å². The van der Waals surface area contributed by atoms with Crippen LogP contribution >= 0.6 is 11.3 Å². The molecular formula is C28H31N3S. The zero-order valence-electron chi connectivity index (χ0n) is 19.3. The summed E-state index contributed by atoms with van der Waals surface area (Å²) < 4.78 is 1.18. The highest BCUT2D eigenvalue weighted by atomic mass is 32.1. The van der Waals surface area contributed by atoms with Gasteiger partial charge in [-0.05, 0) is 60.7 Å². The zero-order chi connectivity index (χ0) is 22.8. The van der Waals surface area contributed by atoms with Crippen molar-refractivity contribution in [1.29, 1.82) is 0 Å². The molecule has 0 amide bonds. The molecule has 0 spiro atoms. The fourth-order valence-electron chi connectivity index (χ4n) is 3.38. The van der Waals surface area contributed by atoms with Crippen molar-refractivity contribution in [3.63, 3.8) is 0 Å². The van der Waals surface area contributed by atoms with E-state index in [0.717, 1.165) is 34.0 Å². The molecule has 4 aromatic rings. The minimum absolute atomic E-state index is 0.817. The molecule has 3 aromatic heterocycles. The molecule has 3 heterocycles. The van der Waals surface area contributed by atoms with E-state index in [0.29, 0.717) is 0 Å². The molecular weight excluding hydrogens is 410 g/mol. The highest BCUT2D eigenvalue weighted by molar-refractivity contribution is 7.17. The summed E-state index contributed by atoms with van der Waals surface area (Å²) in [5.74, 6) is 0.817. The molecule has 1 unspecified atom stereocenters. The standard InChI is InChI=1S/C17H15N3S.C11H16/c1-3-4-14(18-2)15-5-6-16-17(20-15)13(11-21-16)12-7-9-19-10-8-12;1-3-10(2)9-11-7-5-4-6-8-11/h3-11H,1-2H3;4-8,10H,3,9H2,1-2H3/b4-3-,18-14?;. The van der Waals surface area contributed by atoms with Gasteiger partial charge in [0.25, 0.3) is 0 Å². The average molecular weight is 442 g/mol. The Morgan fingerprint density at radius 3 is 2.47 bits per heavy atom. The van der Waals surface area contributed by atoms with E-state index in [1.807, 2.05) is 37.3 Å². The van der Waals surface area contributed by atoms with Gasteiger partial charge in [-0.3, -0.25) is 9.98 Å². The van der Waals surface area contributed by atoms with Gasteiger partial charge in [0.1, 0.15) is 0 Å². The van der Waals surface area contributed by atoms with Crippen molar-refractivity contribution >= 4 is 27.3 Å². The number of aliphatic imine (C=N–C) groups is 1. The molecule has 1 atom stereocenters. The van der Waals surface area contributed by atoms with Crippen molar-refractivity contribution in [2.75, 3.05) is 7.05 Å². The topological polar surface area (TPSA) is 38.1 Å². The van der Waals surface area contributed by atoms with Gasteiger partial charge in [-0.1, -0.05) is 56.7 Å². The molecule has 0 fully saturated rings. The Labute approximate surface area is 195 Å². The van der Waals surface area contributed by atoms with Gasteiger partial charge in [-0.2, -0.15) is 0 Å². The van der Waals surface area contributed by atoms with E-state index < -0.39 is 0 Å². The molecule has 0 aliphatic heterocycles. The number of thiophene rings is 1. The summed E-state index contributed by atoms with van der Waals surface area (Å²) >= 11 is 1.71. The van der Waals surface area contributed by atoms with Crippen LogP contribution in [0.3, 0.4) is 0 Å². The van der Waals surface area contributed by atoms with E-state index in [2.05, 4.69) is 65.6 Å². The van der Waals surface area contributed by atoms with E-state index in [9.17, 15) is 0 Å². The van der Waals surface area contributed by atoms with Crippen molar-refractivity contribution < 1.29 is 0 Å². The van der Waals surface area contributed by atoms with Gasteiger partial charge in [-0.25, -0.2) is 4.98 Å². The lowest BCUT2D eigenvalue weighted by molar-refractivity contribution is 0.560. The molecule has 4 heteroatoms. The predicted molar refractivity (Wildman–Crippen MR) is 140 cm³/mol. The van der Waals surface area contributed by atoms with Crippen molar-refractivity contribution in [2.45, 2.75) is 33.6 Å². The Bertz CT molecular complexity index is 1160. The molecule has 3 nitrogen and oxygen atoms in total. The number of pyridine rings is 2. The highest BCUT2D eigenvalue weighted by Crippen LogP contribution is 2.32. The van der Waals surface area contributed by atoms with Crippen LogP contribution in [0, 0.1) is 5.92 Å². The minimum Gasteiger partial charge on any atom is -0.286 e. The van der Waals surface area contributed by atoms with Gasteiger partial charge < -0.3 is 0 Å². The van der Waals surface area contributed by atoms with E-state index >= 15 is 0 Å². The lowest BCUT2D eigenvalue weighted by Gasteiger charge is -2.06. The molecule has 32 heavy (non-hydrogen) atoms. The fraction of sp³-hybridized carbons (Fsp3) is 0.250. The maximum atomic E-state index is 4.81. The molecule has 164 valence electrons. The van der Waals surface area contributed by atoms with Crippen LogP contribution in [0.2, 0.25) is 0 Å². The van der Waals surface area contributed by atoms with Gasteiger partial charge >= 0.3 is 0 Å². The summed E-state index contributed by atoms with van der Waals surface area (Å²) in [6, 6.07) is 18.8. The zero-order valence-corrected chi connectivity index (χ0v) is 20.1. The van der Waals surface area contributed by atoms with E-state index in [4.69, 9.17) is 4.98 Å². The van der Waals surface area contributed by atoms with Gasteiger partial charge in [0, 0.05) is 30.4 Å². The van der Waals surface area contributed by atoms with Crippen molar-refractivity contribution in [2.24, 2.45) is 10.9 Å². The normalized spacial score (nSPS) is 12.6. The average Bonchev–Trinajstić information content (AvgIpc) is 3.27. The summed E-state index contributed by atoms with van der Waals surface area (Å²) in [5, 5.41) is 2.15. The summed E-state index contributed by atoms with van der Waals surface area (Å²) in [6.07, 6.45) is 10.1. The van der Waals surface area contributed by atoms with E-state index in [-0.39, 0.29) is 0 Å². The maximum Gasteiger partial charge on any atom is 0.0896 e. The number of fused-ring (bicyclic) bond motifs is 1. The van der Waals surface area contributed by atoms with Gasteiger partial charge in [0.2, 0.25) is 0 Å². The summed E-state index contributed by atoms with van der Waals surface area (Å²) in [4.78, 5) is 13.2. The Balaban J connectivity index is 0.000000222. The highest BCUT2D eigenvalue weighted by Gasteiger charge is 2.10. The number of benzene rings is 1. The smallest absolute Gasteiger partial charge is 0.0896 e. The van der Waals surface area contributed by atoms with Gasteiger partial charge in [0.15, 0.2) is 0 Å². The van der Waals surface area contributed by atoms with Crippen LogP contribution in [0.5, 0.6) is 0 Å². The van der Waals surface area contributed by atoms with Crippen molar-refractivity contribution in [3.05, 3.63) is 95.8 Å². The number of hydrogen-bond acceptors (Lipinski definition) is 4. The van der Waals surface area contributed by atoms with Crippen LogP contribution in [-0.2, 0) is 6.42 Å². The third-order valence-electron chi connectivity index (χ3n) is 5.36. The molecule has 1 aromatic carbocycles. The monoisotopic (exact) mass is 441 g/mol. The molecule has 0 N–H and O–H groups in total. The first-order chi connectivity index (χ1) is 15.7. The first-order valence-electron chi connectivity index (χ1n) is 11.1. The predicted octanol–water partition coefficient (Wildman–Crippen LogP) is 7.63. The molecule has 0 bridgehead atoms. The Hall–Kier alpha value is -3.11. The van der Waals surface area contributed by atoms with E-state index in [1.165, 1.54) is 23.1 Å². The Morgan fingerprint density at radius 1 is 1.06 bits per heavy atom. The number of rotatable bonds is 6. The first kappa shape index (κ1) is 23.6. The molecule has 0 aliphatic rings. The molecule has 4 rings (SSSR count). The number of aromatic nitrogens is 2. The van der Waals surface area contributed by atoms with E-state index in [1.54, 1.807) is 30.8 Å². The van der Waals surface area contributed by atoms with Crippen LogP contribution < -0.4 is 0 Å². The van der Waals surface area contributed by atoms with Crippen LogP contribution in [0.4, 0.5) is 0 Å². The maximum absolute atomic E-state index is 4.81. The SMILES string of the molecule is C/C=C\C(=NC)c1ccc2scc(-c3ccncc3)c2n1.CCC(C)Cc1ccccc1. The van der Waals surface area contributed by atoms with Gasteiger partial charge in [0.05, 0.1) is 21.6 Å². The lowest BCUT2D eigenvalue weighted by atomic mass is 9.99. The van der Waals surface area contributed by atoms with Crippen LogP contribution in [-0.4, -0.2) is 22.7 Å². The third-order valence-corrected chi connectivity index (χ3v) is 6.30. The summed E-state index contributed by atoms with van der Waals surface area (Å²) in [7, 11) is 1.79. The molecule has 0 saturated heterocycles. The Morgan fingerprint density at radius 2 is 1.81 bits per heavy atom. The fourth-order valence-corrected chi connectivity index (χ4v) is 4.29. The Kier molecular flexibility index (Phi) is 8.88. The molecule has 0 saturated carbocycles. The quantitative estimate of drug-likeness (QED) is 0.288. The lowest BCUT2D eigenvalue weighted by Crippen LogP contribution is -1.99. The second kappa shape index (κ2) is 12.1. The molecule has 0 radical (unpaired) electrons. The second-order valence-corrected chi connectivity index (χ2v) is 8.65. The molecule has 0 aliphatic carbocycles. The number of hydrogen-bond donors (Lipinski definition) is 0. The largest absolute Gasteiger partial charge is 0.286 e. The minimum atomic E-state index is 0.817. The number of nitrogens with zero attached hydrogens (tertiary/aromatic N) is 3. The van der Waals surface area contributed by atoms with Gasteiger partial charge in [-0.15, -0.1) is 11.3 Å². The second-order valence-electron chi connectivity index (χ2n) is 7.74. The van der Waals surface area contributed by atoms with Crippen LogP contribution in [0.25, 0.3) is 21.3 Å². The summed E-state index contributed by atoms with van der Waals surface area (Å²) in [5.41, 5.74) is 6.57. The summed E-state index contributed by atoms with van der Waals surface area (Å²) in [6.45, 7) is 6.53. The van der Waals surface area contributed by atoms with Crippen LogP contribution in [0.15, 0.2) is 89.5 Å². The number of allylic oxidation sites excluding steroid dienone is 2. The first-order valence-corrected chi connectivity index (χ1v) is 12.0. The van der Waals surface area contributed by atoms with Crippen molar-refractivity contribution in [3.8, 4) is 11.1 Å². The third kappa shape index (κ3) is 6.21.